The first-order valence-corrected chi connectivity index (χ1v) is 6.82. The molecule has 2 atom stereocenters. The molecule has 4 nitrogen and oxygen atoms in total. The van der Waals surface area contributed by atoms with Crippen LogP contribution in [0.5, 0.6) is 0 Å². The SMILES string of the molecule is CCCCCCCCOC(=O)[C@@H]1C[C@@H](O)CN1. The van der Waals surface area contributed by atoms with Crippen molar-refractivity contribution in [2.24, 2.45) is 0 Å². The van der Waals surface area contributed by atoms with Gasteiger partial charge in [0.25, 0.3) is 0 Å². The van der Waals surface area contributed by atoms with Crippen LogP contribution < -0.4 is 5.32 Å². The Balaban J connectivity index is 1.93. The fourth-order valence-corrected chi connectivity index (χ4v) is 2.05. The first-order chi connectivity index (χ1) is 8.24. The maximum Gasteiger partial charge on any atom is 0.323 e. The Bertz CT molecular complexity index is 221. The van der Waals surface area contributed by atoms with Crippen molar-refractivity contribution in [3.8, 4) is 0 Å². The number of rotatable bonds is 8. The molecule has 1 fully saturated rings. The normalized spacial score (nSPS) is 23.9. The molecule has 0 radical (unpaired) electrons. The molecule has 0 spiro atoms. The average molecular weight is 243 g/mol. The number of β-amino-alcohol motifs (C(OH)–C–C–N with tert-alkyl or cyclic N) is 1. The van der Waals surface area contributed by atoms with Crippen LogP contribution in [0.15, 0.2) is 0 Å². The molecule has 0 aromatic rings. The second-order valence-corrected chi connectivity index (χ2v) is 4.79. The highest BCUT2D eigenvalue weighted by Gasteiger charge is 2.28. The highest BCUT2D eigenvalue weighted by Crippen LogP contribution is 2.09. The summed E-state index contributed by atoms with van der Waals surface area (Å²) in [4.78, 5) is 11.5. The van der Waals surface area contributed by atoms with Gasteiger partial charge in [0.15, 0.2) is 0 Å². The lowest BCUT2D eigenvalue weighted by Gasteiger charge is -2.09. The Morgan fingerprint density at radius 3 is 2.65 bits per heavy atom. The van der Waals surface area contributed by atoms with Gasteiger partial charge in [0, 0.05) is 13.0 Å². The Hall–Kier alpha value is -0.610. The fourth-order valence-electron chi connectivity index (χ4n) is 2.05. The highest BCUT2D eigenvalue weighted by molar-refractivity contribution is 5.76. The minimum absolute atomic E-state index is 0.213. The third kappa shape index (κ3) is 6.03. The van der Waals surface area contributed by atoms with Gasteiger partial charge < -0.3 is 15.2 Å². The van der Waals surface area contributed by atoms with Crippen LogP contribution in [-0.4, -0.2) is 36.4 Å². The lowest BCUT2D eigenvalue weighted by molar-refractivity contribution is -0.146. The third-order valence-electron chi connectivity index (χ3n) is 3.13. The van der Waals surface area contributed by atoms with Gasteiger partial charge in [0.05, 0.1) is 12.7 Å². The molecule has 17 heavy (non-hydrogen) atoms. The molecule has 100 valence electrons. The van der Waals surface area contributed by atoms with Crippen LogP contribution in [0.4, 0.5) is 0 Å². The van der Waals surface area contributed by atoms with E-state index >= 15 is 0 Å². The molecule has 1 heterocycles. The average Bonchev–Trinajstić information content (AvgIpc) is 2.74. The molecule has 0 aromatic heterocycles. The van der Waals surface area contributed by atoms with Crippen molar-refractivity contribution in [1.29, 1.82) is 0 Å². The van der Waals surface area contributed by atoms with Crippen molar-refractivity contribution in [3.05, 3.63) is 0 Å². The molecule has 0 amide bonds. The van der Waals surface area contributed by atoms with Crippen molar-refractivity contribution >= 4 is 5.97 Å². The molecular weight excluding hydrogens is 218 g/mol. The zero-order chi connectivity index (χ0) is 12.5. The number of esters is 1. The van der Waals surface area contributed by atoms with E-state index in [9.17, 15) is 9.90 Å². The van der Waals surface area contributed by atoms with E-state index in [1.165, 1.54) is 25.7 Å². The molecule has 1 saturated heterocycles. The molecule has 1 rings (SSSR count). The van der Waals surface area contributed by atoms with Crippen LogP contribution in [0, 0.1) is 0 Å². The van der Waals surface area contributed by atoms with Crippen LogP contribution in [0.3, 0.4) is 0 Å². The van der Waals surface area contributed by atoms with Gasteiger partial charge in [0.2, 0.25) is 0 Å². The summed E-state index contributed by atoms with van der Waals surface area (Å²) in [6, 6.07) is -0.301. The number of unbranched alkanes of at least 4 members (excludes halogenated alkanes) is 5. The van der Waals surface area contributed by atoms with Crippen LogP contribution in [0.2, 0.25) is 0 Å². The topological polar surface area (TPSA) is 58.6 Å². The third-order valence-corrected chi connectivity index (χ3v) is 3.13. The molecule has 1 aliphatic heterocycles. The number of carbonyl (C=O) groups is 1. The summed E-state index contributed by atoms with van der Waals surface area (Å²) in [6.07, 6.45) is 7.22. The van der Waals surface area contributed by atoms with Crippen molar-refractivity contribution < 1.29 is 14.6 Å². The summed E-state index contributed by atoms with van der Waals surface area (Å²) < 4.78 is 5.17. The van der Waals surface area contributed by atoms with E-state index in [1.54, 1.807) is 0 Å². The molecule has 1 aliphatic rings. The van der Waals surface area contributed by atoms with Crippen molar-refractivity contribution in [2.45, 2.75) is 64.0 Å². The van der Waals surface area contributed by atoms with Gasteiger partial charge in [-0.25, -0.2) is 0 Å². The Kier molecular flexibility index (Phi) is 7.21. The van der Waals surface area contributed by atoms with E-state index in [1.807, 2.05) is 0 Å². The molecule has 0 aliphatic carbocycles. The molecule has 2 N–H and O–H groups in total. The highest BCUT2D eigenvalue weighted by atomic mass is 16.5. The van der Waals surface area contributed by atoms with Crippen molar-refractivity contribution in [3.63, 3.8) is 0 Å². The first-order valence-electron chi connectivity index (χ1n) is 6.82. The largest absolute Gasteiger partial charge is 0.465 e. The number of nitrogens with one attached hydrogen (secondary N) is 1. The Morgan fingerprint density at radius 1 is 1.29 bits per heavy atom. The fraction of sp³-hybridized carbons (Fsp3) is 0.923. The maximum absolute atomic E-state index is 11.5. The summed E-state index contributed by atoms with van der Waals surface area (Å²) in [7, 11) is 0. The minimum Gasteiger partial charge on any atom is -0.465 e. The lowest BCUT2D eigenvalue weighted by Crippen LogP contribution is -2.32. The number of aliphatic hydroxyl groups is 1. The lowest BCUT2D eigenvalue weighted by atomic mass is 10.1. The predicted octanol–water partition coefficient (Wildman–Crippen LogP) is 1.61. The van der Waals surface area contributed by atoms with E-state index in [-0.39, 0.29) is 12.0 Å². The molecule has 0 aromatic carbocycles. The molecule has 0 unspecified atom stereocenters. The number of hydrogen-bond acceptors (Lipinski definition) is 4. The quantitative estimate of drug-likeness (QED) is 0.502. The maximum atomic E-state index is 11.5. The van der Waals surface area contributed by atoms with Crippen LogP contribution in [0.1, 0.15) is 51.9 Å². The summed E-state index contributed by atoms with van der Waals surface area (Å²) in [5.74, 6) is -0.213. The van der Waals surface area contributed by atoms with Gasteiger partial charge in [-0.3, -0.25) is 4.79 Å². The molecular formula is C13H25NO3. The zero-order valence-electron chi connectivity index (χ0n) is 10.8. The second-order valence-electron chi connectivity index (χ2n) is 4.79. The zero-order valence-corrected chi connectivity index (χ0v) is 10.8. The molecule has 4 heteroatoms. The van der Waals surface area contributed by atoms with E-state index in [0.29, 0.717) is 19.6 Å². The van der Waals surface area contributed by atoms with Crippen LogP contribution in [0.25, 0.3) is 0 Å². The predicted molar refractivity (Wildman–Crippen MR) is 66.7 cm³/mol. The standard InChI is InChI=1S/C13H25NO3/c1-2-3-4-5-6-7-8-17-13(16)12-9-11(15)10-14-12/h11-12,14-15H,2-10H2,1H3/t11-,12+/m1/s1. The smallest absolute Gasteiger partial charge is 0.323 e. The first kappa shape index (κ1) is 14.5. The minimum atomic E-state index is -0.401. The van der Waals surface area contributed by atoms with Gasteiger partial charge in [0.1, 0.15) is 6.04 Å². The molecule has 0 bridgehead atoms. The van der Waals surface area contributed by atoms with Gasteiger partial charge >= 0.3 is 5.97 Å². The van der Waals surface area contributed by atoms with E-state index in [0.717, 1.165) is 12.8 Å². The Morgan fingerprint density at radius 2 is 2.00 bits per heavy atom. The van der Waals surface area contributed by atoms with Crippen molar-refractivity contribution in [1.82, 2.24) is 5.32 Å². The van der Waals surface area contributed by atoms with E-state index < -0.39 is 6.10 Å². The van der Waals surface area contributed by atoms with Crippen molar-refractivity contribution in [2.75, 3.05) is 13.2 Å². The number of aliphatic hydroxyl groups excluding tert-OH is 1. The summed E-state index contributed by atoms with van der Waals surface area (Å²) in [5, 5.41) is 12.2. The summed E-state index contributed by atoms with van der Waals surface area (Å²) >= 11 is 0. The van der Waals surface area contributed by atoms with Gasteiger partial charge in [-0.15, -0.1) is 0 Å². The van der Waals surface area contributed by atoms with Gasteiger partial charge in [-0.1, -0.05) is 39.0 Å². The van der Waals surface area contributed by atoms with E-state index in [4.69, 9.17) is 4.74 Å². The van der Waals surface area contributed by atoms with Gasteiger partial charge in [-0.05, 0) is 6.42 Å². The van der Waals surface area contributed by atoms with Gasteiger partial charge in [-0.2, -0.15) is 0 Å². The summed E-state index contributed by atoms with van der Waals surface area (Å²) in [6.45, 7) is 3.21. The van der Waals surface area contributed by atoms with Crippen LogP contribution >= 0.6 is 0 Å². The summed E-state index contributed by atoms with van der Waals surface area (Å²) in [5.41, 5.74) is 0. The number of carbonyl (C=O) groups excluding carboxylic acids is 1. The number of hydrogen-bond donors (Lipinski definition) is 2. The monoisotopic (exact) mass is 243 g/mol. The number of ether oxygens (including phenoxy) is 1. The van der Waals surface area contributed by atoms with Crippen LogP contribution in [-0.2, 0) is 9.53 Å². The second kappa shape index (κ2) is 8.48. The van der Waals surface area contributed by atoms with E-state index in [2.05, 4.69) is 12.2 Å². The molecule has 0 saturated carbocycles. The Labute approximate surface area is 104 Å².